The van der Waals surface area contributed by atoms with Crippen molar-refractivity contribution >= 4 is 38.9 Å². The molecule has 0 aliphatic rings. The summed E-state index contributed by atoms with van der Waals surface area (Å²) in [5, 5.41) is 3.21. The molecule has 2 rings (SSSR count). The monoisotopic (exact) mass is 436 g/mol. The molecule has 1 aromatic heterocycles. The van der Waals surface area contributed by atoms with E-state index in [-0.39, 0.29) is 5.91 Å². The number of carbonyl (C=O) groups excluding carboxylic acids is 1. The maximum atomic E-state index is 12.8. The Hall–Kier alpha value is -1.17. The molecule has 1 aromatic carbocycles. The third-order valence-electron chi connectivity index (χ3n) is 4.46. The summed E-state index contributed by atoms with van der Waals surface area (Å²) >= 11 is 5.22. The van der Waals surface area contributed by atoms with E-state index < -0.39 is 0 Å². The highest BCUT2D eigenvalue weighted by Gasteiger charge is 2.17. The summed E-state index contributed by atoms with van der Waals surface area (Å²) < 4.78 is 1.13. The zero-order valence-electron chi connectivity index (χ0n) is 16.3. The Morgan fingerprint density at radius 2 is 1.73 bits per heavy atom. The number of hydrogen-bond acceptors (Lipinski definition) is 3. The van der Waals surface area contributed by atoms with E-state index in [1.54, 1.807) is 11.3 Å². The summed E-state index contributed by atoms with van der Waals surface area (Å²) in [6, 6.07) is 10.5. The molecule has 0 unspecified atom stereocenters. The minimum atomic E-state index is 0.0532. The second-order valence-electron chi connectivity index (χ2n) is 7.18. The highest BCUT2D eigenvalue weighted by Crippen LogP contribution is 2.32. The average molecular weight is 437 g/mol. The highest BCUT2D eigenvalue weighted by molar-refractivity contribution is 9.11. The van der Waals surface area contributed by atoms with Gasteiger partial charge in [0.15, 0.2) is 0 Å². The number of likely N-dealkylation sites (N-methyl/N-ethyl adjacent to an activating group) is 1. The summed E-state index contributed by atoms with van der Waals surface area (Å²) in [5.41, 5.74) is 3.40. The van der Waals surface area contributed by atoms with Gasteiger partial charge in [0, 0.05) is 17.1 Å². The molecule has 26 heavy (non-hydrogen) atoms. The maximum absolute atomic E-state index is 12.8. The minimum absolute atomic E-state index is 0.0532. The fourth-order valence-corrected chi connectivity index (χ4v) is 4.54. The lowest BCUT2D eigenvalue weighted by Crippen LogP contribution is -2.33. The zero-order chi connectivity index (χ0) is 19.3. The minimum Gasteiger partial charge on any atom is -0.324 e. The molecule has 2 aromatic rings. The van der Waals surface area contributed by atoms with Gasteiger partial charge in [-0.1, -0.05) is 52.8 Å². The number of para-hydroxylation sites is 1. The van der Waals surface area contributed by atoms with Crippen LogP contribution in [0.25, 0.3) is 0 Å². The van der Waals surface area contributed by atoms with E-state index in [1.165, 1.54) is 16.0 Å². The van der Waals surface area contributed by atoms with Crippen molar-refractivity contribution in [2.45, 2.75) is 53.0 Å². The number of nitrogens with one attached hydrogen (secondary N) is 1. The van der Waals surface area contributed by atoms with Crippen LogP contribution in [0.2, 0.25) is 0 Å². The third-order valence-corrected chi connectivity index (χ3v) is 6.07. The van der Waals surface area contributed by atoms with Gasteiger partial charge in [-0.15, -0.1) is 11.3 Å². The molecule has 0 aliphatic carbocycles. The van der Waals surface area contributed by atoms with Crippen LogP contribution in [-0.2, 0) is 11.3 Å². The topological polar surface area (TPSA) is 32.3 Å². The van der Waals surface area contributed by atoms with Gasteiger partial charge in [-0.3, -0.25) is 9.69 Å². The Bertz CT molecular complexity index is 713. The van der Waals surface area contributed by atoms with E-state index in [9.17, 15) is 4.79 Å². The van der Waals surface area contributed by atoms with Crippen molar-refractivity contribution in [2.24, 2.45) is 0 Å². The fraction of sp³-hybridized carbons (Fsp3) is 0.476. The molecule has 0 aliphatic heterocycles. The molecule has 0 atom stereocenters. The highest BCUT2D eigenvalue weighted by atomic mass is 79.9. The van der Waals surface area contributed by atoms with Crippen LogP contribution in [0, 0.1) is 0 Å². The lowest BCUT2D eigenvalue weighted by Gasteiger charge is -2.23. The molecule has 1 heterocycles. The number of amides is 1. The predicted octanol–water partition coefficient (Wildman–Crippen LogP) is 6.22. The van der Waals surface area contributed by atoms with E-state index in [0.29, 0.717) is 18.4 Å². The Morgan fingerprint density at radius 1 is 1.12 bits per heavy atom. The van der Waals surface area contributed by atoms with Gasteiger partial charge < -0.3 is 5.32 Å². The first-order valence-corrected chi connectivity index (χ1v) is 10.8. The van der Waals surface area contributed by atoms with Gasteiger partial charge in [0.25, 0.3) is 0 Å². The first-order valence-electron chi connectivity index (χ1n) is 9.21. The number of anilines is 1. The van der Waals surface area contributed by atoms with Crippen molar-refractivity contribution < 1.29 is 4.79 Å². The molecule has 0 bridgehead atoms. The number of hydrogen-bond donors (Lipinski definition) is 1. The van der Waals surface area contributed by atoms with Gasteiger partial charge in [-0.05, 0) is 57.6 Å². The Morgan fingerprint density at radius 3 is 2.19 bits per heavy atom. The van der Waals surface area contributed by atoms with Crippen molar-refractivity contribution in [3.8, 4) is 0 Å². The largest absolute Gasteiger partial charge is 0.324 e. The molecule has 1 amide bonds. The lowest BCUT2D eigenvalue weighted by molar-refractivity contribution is -0.117. The smallest absolute Gasteiger partial charge is 0.238 e. The average Bonchev–Trinajstić information content (AvgIpc) is 2.98. The number of benzene rings is 1. The van der Waals surface area contributed by atoms with E-state index >= 15 is 0 Å². The van der Waals surface area contributed by atoms with Crippen LogP contribution in [-0.4, -0.2) is 23.9 Å². The van der Waals surface area contributed by atoms with Crippen molar-refractivity contribution in [1.82, 2.24) is 4.90 Å². The second-order valence-corrected chi connectivity index (χ2v) is 9.73. The van der Waals surface area contributed by atoms with Gasteiger partial charge >= 0.3 is 0 Å². The Kier molecular flexibility index (Phi) is 7.86. The quantitative estimate of drug-likeness (QED) is 0.532. The van der Waals surface area contributed by atoms with Crippen LogP contribution in [0.1, 0.15) is 62.5 Å². The van der Waals surface area contributed by atoms with E-state index in [4.69, 9.17) is 0 Å². The molecular formula is C21H29BrN2OS. The predicted molar refractivity (Wildman–Crippen MR) is 116 cm³/mol. The maximum Gasteiger partial charge on any atom is 0.238 e. The second kappa shape index (κ2) is 9.67. The normalized spacial score (nSPS) is 11.6. The van der Waals surface area contributed by atoms with Crippen LogP contribution in [0.4, 0.5) is 5.69 Å². The number of thiophene rings is 1. The summed E-state index contributed by atoms with van der Waals surface area (Å²) in [4.78, 5) is 16.2. The first-order chi connectivity index (χ1) is 12.3. The first kappa shape index (κ1) is 21.1. The fourth-order valence-electron chi connectivity index (χ4n) is 3.01. The number of halogens is 1. The number of nitrogens with zero attached hydrogens (tertiary/aromatic N) is 1. The molecule has 5 heteroatoms. The molecule has 0 radical (unpaired) electrons. The van der Waals surface area contributed by atoms with Crippen LogP contribution >= 0.6 is 27.3 Å². The van der Waals surface area contributed by atoms with Crippen molar-refractivity contribution in [2.75, 3.05) is 18.4 Å². The third kappa shape index (κ3) is 5.66. The van der Waals surface area contributed by atoms with Gasteiger partial charge in [-0.2, -0.15) is 0 Å². The Labute approximate surface area is 169 Å². The molecule has 3 nitrogen and oxygen atoms in total. The zero-order valence-corrected chi connectivity index (χ0v) is 18.7. The molecule has 1 N–H and O–H groups in total. The standard InChI is InChI=1S/C21H29BrN2OS/c1-6-24(12-16-10-11-19(22)26-16)13-20(25)23-21-17(14(2)3)8-7-9-18(21)15(4)5/h7-11,14-15H,6,12-13H2,1-5H3,(H,23,25). The SMILES string of the molecule is CCN(CC(=O)Nc1c(C(C)C)cccc1C(C)C)Cc1ccc(Br)s1. The molecule has 142 valence electrons. The molecule has 0 saturated carbocycles. The number of rotatable bonds is 8. The summed E-state index contributed by atoms with van der Waals surface area (Å²) in [6.07, 6.45) is 0. The molecule has 0 fully saturated rings. The van der Waals surface area contributed by atoms with Crippen molar-refractivity contribution in [1.29, 1.82) is 0 Å². The van der Waals surface area contributed by atoms with Crippen molar-refractivity contribution in [3.63, 3.8) is 0 Å². The van der Waals surface area contributed by atoms with Crippen LogP contribution in [0.3, 0.4) is 0 Å². The Balaban J connectivity index is 2.13. The molecular weight excluding hydrogens is 408 g/mol. The van der Waals surface area contributed by atoms with E-state index in [0.717, 1.165) is 22.6 Å². The van der Waals surface area contributed by atoms with Crippen molar-refractivity contribution in [3.05, 3.63) is 50.1 Å². The van der Waals surface area contributed by atoms with Crippen LogP contribution < -0.4 is 5.32 Å². The molecule has 0 saturated heterocycles. The van der Waals surface area contributed by atoms with Gasteiger partial charge in [-0.25, -0.2) is 0 Å². The van der Waals surface area contributed by atoms with Gasteiger partial charge in [0.05, 0.1) is 10.3 Å². The lowest BCUT2D eigenvalue weighted by atomic mass is 9.92. The van der Waals surface area contributed by atoms with Crippen LogP contribution in [0.5, 0.6) is 0 Å². The van der Waals surface area contributed by atoms with E-state index in [1.807, 2.05) is 0 Å². The van der Waals surface area contributed by atoms with Gasteiger partial charge in [0.1, 0.15) is 0 Å². The summed E-state index contributed by atoms with van der Waals surface area (Å²) in [6.45, 7) is 12.8. The van der Waals surface area contributed by atoms with E-state index in [2.05, 4.69) is 91.1 Å². The summed E-state index contributed by atoms with van der Waals surface area (Å²) in [7, 11) is 0. The summed E-state index contributed by atoms with van der Waals surface area (Å²) in [5.74, 6) is 0.793. The molecule has 0 spiro atoms. The van der Waals surface area contributed by atoms with Crippen LogP contribution in [0.15, 0.2) is 34.1 Å². The van der Waals surface area contributed by atoms with Gasteiger partial charge in [0.2, 0.25) is 5.91 Å². The number of carbonyl (C=O) groups is 1.